The molecule has 0 unspecified atom stereocenters. The van der Waals surface area contributed by atoms with Gasteiger partial charge in [-0.2, -0.15) is 0 Å². The highest BCUT2D eigenvalue weighted by Gasteiger charge is 2.15. The van der Waals surface area contributed by atoms with Crippen molar-refractivity contribution in [3.8, 4) is 0 Å². The molecule has 0 amide bonds. The number of allylic oxidation sites excluding steroid dienone is 20. The molecule has 0 saturated carbocycles. The van der Waals surface area contributed by atoms with Crippen LogP contribution in [0, 0.1) is 0 Å². The van der Waals surface area contributed by atoms with E-state index in [1.165, 1.54) is 33.4 Å². The average Bonchev–Trinajstić information content (AvgIpc) is 2.72. The first-order valence-corrected chi connectivity index (χ1v) is 10.7. The second kappa shape index (κ2) is 13.4. The van der Waals surface area contributed by atoms with Gasteiger partial charge in [0.15, 0.2) is 0 Å². The molecule has 0 bridgehead atoms. The van der Waals surface area contributed by atoms with Crippen LogP contribution in [-0.4, -0.2) is 0 Å². The summed E-state index contributed by atoms with van der Waals surface area (Å²) in [6.45, 7) is 20.8. The summed E-state index contributed by atoms with van der Waals surface area (Å²) >= 11 is 0. The quantitative estimate of drug-likeness (QED) is 0.339. The molecule has 0 nitrogen and oxygen atoms in total. The lowest BCUT2D eigenvalue weighted by atomic mass is 9.84. The van der Waals surface area contributed by atoms with Crippen molar-refractivity contribution in [1.82, 2.24) is 0 Å². The Labute approximate surface area is 185 Å². The molecule has 0 aromatic carbocycles. The summed E-state index contributed by atoms with van der Waals surface area (Å²) in [6.07, 6.45) is 27.2. The monoisotopic (exact) mass is 398 g/mol. The molecule has 30 heavy (non-hydrogen) atoms. The predicted molar refractivity (Wildman–Crippen MR) is 137 cm³/mol. The van der Waals surface area contributed by atoms with Gasteiger partial charge in [0.25, 0.3) is 0 Å². The summed E-state index contributed by atoms with van der Waals surface area (Å²) in [5.74, 6) is 0. The summed E-state index contributed by atoms with van der Waals surface area (Å²) in [5.41, 5.74) is 10.3. The van der Waals surface area contributed by atoms with E-state index >= 15 is 0 Å². The molecule has 0 aromatic rings. The molecule has 0 radical (unpaired) electrons. The van der Waals surface area contributed by atoms with Crippen LogP contribution in [0.1, 0.15) is 54.4 Å². The van der Waals surface area contributed by atoms with Crippen LogP contribution < -0.4 is 0 Å². The molecule has 0 aromatic heterocycles. The Bertz CT molecular complexity index is 905. The molecular weight excluding hydrogens is 360 g/mol. The summed E-state index contributed by atoms with van der Waals surface area (Å²) in [7, 11) is 0. The van der Waals surface area contributed by atoms with Crippen LogP contribution in [-0.2, 0) is 0 Å². The standard InChI is InChI=1S/C30H38/c1-9-13-14-15-18-24(7)28-20-19-25(8)30(22-28)29(23(5)6)21-26(12-4)27(16-10-2)17-11-3/h9-18,21-22H,2,4,19-20H2,1,3,5-8H3/b13-9-,15-14-,17-11-,24-18+,26-21+,27-16+. The largest absolute Gasteiger partial charge is 0.0990 e. The van der Waals surface area contributed by atoms with Crippen LogP contribution in [0.5, 0.6) is 0 Å². The Hall–Kier alpha value is -2.86. The average molecular weight is 399 g/mol. The van der Waals surface area contributed by atoms with Crippen LogP contribution in [0.25, 0.3) is 0 Å². The van der Waals surface area contributed by atoms with Crippen LogP contribution in [0.3, 0.4) is 0 Å². The van der Waals surface area contributed by atoms with E-state index in [4.69, 9.17) is 0 Å². The zero-order valence-electron chi connectivity index (χ0n) is 19.8. The zero-order valence-corrected chi connectivity index (χ0v) is 19.8. The fourth-order valence-corrected chi connectivity index (χ4v) is 3.39. The molecule has 1 rings (SSSR count). The van der Waals surface area contributed by atoms with Gasteiger partial charge in [-0.25, -0.2) is 0 Å². The van der Waals surface area contributed by atoms with Crippen molar-refractivity contribution in [2.24, 2.45) is 0 Å². The van der Waals surface area contributed by atoms with Crippen molar-refractivity contribution >= 4 is 0 Å². The Balaban J connectivity index is 3.49. The van der Waals surface area contributed by atoms with Crippen LogP contribution in [0.15, 0.2) is 131 Å². The molecule has 158 valence electrons. The van der Waals surface area contributed by atoms with E-state index < -0.39 is 0 Å². The van der Waals surface area contributed by atoms with Gasteiger partial charge >= 0.3 is 0 Å². The third-order valence-electron chi connectivity index (χ3n) is 5.14. The van der Waals surface area contributed by atoms with Gasteiger partial charge < -0.3 is 0 Å². The first-order chi connectivity index (χ1) is 14.4. The Kier molecular flexibility index (Phi) is 11.2. The van der Waals surface area contributed by atoms with Gasteiger partial charge in [0.2, 0.25) is 0 Å². The number of hydrogen-bond donors (Lipinski definition) is 0. The third-order valence-corrected chi connectivity index (χ3v) is 5.14. The van der Waals surface area contributed by atoms with Crippen molar-refractivity contribution in [1.29, 1.82) is 0 Å². The minimum Gasteiger partial charge on any atom is -0.0990 e. The van der Waals surface area contributed by atoms with Crippen LogP contribution >= 0.6 is 0 Å². The van der Waals surface area contributed by atoms with Gasteiger partial charge in [-0.05, 0) is 93.9 Å². The van der Waals surface area contributed by atoms with E-state index in [2.05, 4.69) is 83.4 Å². The fourth-order valence-electron chi connectivity index (χ4n) is 3.39. The maximum atomic E-state index is 4.06. The highest BCUT2D eigenvalue weighted by Crippen LogP contribution is 2.34. The van der Waals surface area contributed by atoms with E-state index in [0.717, 1.165) is 24.0 Å². The van der Waals surface area contributed by atoms with Gasteiger partial charge in [0, 0.05) is 0 Å². The highest BCUT2D eigenvalue weighted by molar-refractivity contribution is 5.60. The van der Waals surface area contributed by atoms with Crippen molar-refractivity contribution in [3.05, 3.63) is 131 Å². The first kappa shape index (κ1) is 25.2. The van der Waals surface area contributed by atoms with Crippen LogP contribution in [0.4, 0.5) is 0 Å². The molecule has 0 spiro atoms. The second-order valence-corrected chi connectivity index (χ2v) is 7.70. The van der Waals surface area contributed by atoms with Crippen molar-refractivity contribution in [2.75, 3.05) is 0 Å². The minimum absolute atomic E-state index is 1.09. The Morgan fingerprint density at radius 1 is 0.900 bits per heavy atom. The van der Waals surface area contributed by atoms with E-state index in [1.807, 2.05) is 44.2 Å². The molecule has 0 fully saturated rings. The molecule has 0 atom stereocenters. The van der Waals surface area contributed by atoms with Crippen molar-refractivity contribution in [2.45, 2.75) is 54.4 Å². The molecule has 0 N–H and O–H groups in total. The number of rotatable bonds is 9. The van der Waals surface area contributed by atoms with E-state index in [9.17, 15) is 0 Å². The minimum atomic E-state index is 1.09. The maximum Gasteiger partial charge on any atom is -0.0184 e. The molecule has 1 aliphatic carbocycles. The van der Waals surface area contributed by atoms with Crippen molar-refractivity contribution < 1.29 is 0 Å². The topological polar surface area (TPSA) is 0 Å². The molecule has 1 aliphatic rings. The number of hydrogen-bond acceptors (Lipinski definition) is 0. The summed E-state index contributed by atoms with van der Waals surface area (Å²) in [4.78, 5) is 0. The fraction of sp³-hybridized carbons (Fsp3) is 0.267. The van der Waals surface area contributed by atoms with Gasteiger partial charge in [0.05, 0.1) is 0 Å². The third kappa shape index (κ3) is 7.52. The lowest BCUT2D eigenvalue weighted by Crippen LogP contribution is -2.02. The van der Waals surface area contributed by atoms with Gasteiger partial charge in [-0.3, -0.25) is 0 Å². The summed E-state index contributed by atoms with van der Waals surface area (Å²) in [6, 6.07) is 0. The molecular formula is C30H38. The predicted octanol–water partition coefficient (Wildman–Crippen LogP) is 9.24. The highest BCUT2D eigenvalue weighted by atomic mass is 14.2. The lowest BCUT2D eigenvalue weighted by molar-refractivity contribution is 0.896. The SMILES string of the molecule is C=C/C=C(\C=C/C)C(/C=C)=C/C(=C(C)C)C1=C(C)CCC(/C(C)=C/C=C\C=C/C)=C1. The Morgan fingerprint density at radius 3 is 2.20 bits per heavy atom. The maximum absolute atomic E-state index is 4.06. The Morgan fingerprint density at radius 2 is 1.63 bits per heavy atom. The molecule has 0 heterocycles. The van der Waals surface area contributed by atoms with Gasteiger partial charge in [0.1, 0.15) is 0 Å². The van der Waals surface area contributed by atoms with E-state index in [1.54, 1.807) is 0 Å². The summed E-state index contributed by atoms with van der Waals surface area (Å²) < 4.78 is 0. The smallest absolute Gasteiger partial charge is 0.0184 e. The van der Waals surface area contributed by atoms with Gasteiger partial charge in [-0.1, -0.05) is 91.1 Å². The molecule has 0 saturated heterocycles. The normalized spacial score (nSPS) is 16.6. The molecule has 0 aliphatic heterocycles. The molecule has 0 heteroatoms. The zero-order chi connectivity index (χ0) is 22.5. The van der Waals surface area contributed by atoms with E-state index in [-0.39, 0.29) is 0 Å². The first-order valence-electron chi connectivity index (χ1n) is 10.7. The lowest BCUT2D eigenvalue weighted by Gasteiger charge is -2.21. The summed E-state index contributed by atoms with van der Waals surface area (Å²) in [5, 5.41) is 0. The van der Waals surface area contributed by atoms with E-state index in [0.29, 0.717) is 0 Å². The van der Waals surface area contributed by atoms with Crippen molar-refractivity contribution in [3.63, 3.8) is 0 Å². The van der Waals surface area contributed by atoms with Crippen LogP contribution in [0.2, 0.25) is 0 Å². The second-order valence-electron chi connectivity index (χ2n) is 7.70. The van der Waals surface area contributed by atoms with Gasteiger partial charge in [-0.15, -0.1) is 0 Å².